The minimum absolute atomic E-state index is 0.0924. The van der Waals surface area contributed by atoms with Crippen molar-refractivity contribution >= 4 is 29.3 Å². The average molecular weight is 459 g/mol. The maximum atomic E-state index is 12.9. The molecular formula is C23H27ClN4O4. The van der Waals surface area contributed by atoms with Gasteiger partial charge in [-0.2, -0.15) is 4.98 Å². The normalized spacial score (nSPS) is 20.5. The molecule has 2 heterocycles. The molecule has 1 saturated heterocycles. The van der Waals surface area contributed by atoms with Crippen LogP contribution in [0.25, 0.3) is 11.4 Å². The Morgan fingerprint density at radius 3 is 2.44 bits per heavy atom. The SMILES string of the molecule is CCCN(Cc1nc(-c2ccc(Cl)cc2)no1)C(=O)CCN1C(=O)[C@H]2CCCC[C@H]2C1=O. The smallest absolute Gasteiger partial charge is 0.246 e. The topological polar surface area (TPSA) is 96.6 Å². The third-order valence-corrected chi connectivity index (χ3v) is 6.48. The zero-order valence-electron chi connectivity index (χ0n) is 18.1. The van der Waals surface area contributed by atoms with Crippen LogP contribution in [-0.4, -0.2) is 50.8 Å². The number of hydrogen-bond acceptors (Lipinski definition) is 6. The molecule has 1 aliphatic heterocycles. The van der Waals surface area contributed by atoms with Crippen LogP contribution in [0.1, 0.15) is 51.3 Å². The van der Waals surface area contributed by atoms with Crippen LogP contribution in [0.15, 0.2) is 28.8 Å². The standard InChI is InChI=1S/C23H27ClN4O4/c1-2-12-27(14-19-25-21(26-32-19)15-7-9-16(24)10-8-15)20(29)11-13-28-22(30)17-5-3-4-6-18(17)23(28)31/h7-10,17-18H,2-6,11-14H2,1H3/t17-,18+. The van der Waals surface area contributed by atoms with Gasteiger partial charge in [0.15, 0.2) is 0 Å². The molecule has 0 N–H and O–H groups in total. The minimum Gasteiger partial charge on any atom is -0.337 e. The van der Waals surface area contributed by atoms with E-state index in [0.717, 1.165) is 37.7 Å². The fraction of sp³-hybridized carbons (Fsp3) is 0.522. The van der Waals surface area contributed by atoms with Gasteiger partial charge in [0.2, 0.25) is 29.4 Å². The van der Waals surface area contributed by atoms with Crippen LogP contribution in [0.5, 0.6) is 0 Å². The lowest BCUT2D eigenvalue weighted by Gasteiger charge is -2.22. The fourth-order valence-corrected chi connectivity index (χ4v) is 4.70. The summed E-state index contributed by atoms with van der Waals surface area (Å²) in [5, 5.41) is 4.61. The van der Waals surface area contributed by atoms with E-state index >= 15 is 0 Å². The lowest BCUT2D eigenvalue weighted by molar-refractivity contribution is -0.141. The Bertz CT molecular complexity index is 966. The van der Waals surface area contributed by atoms with Gasteiger partial charge in [0.25, 0.3) is 0 Å². The van der Waals surface area contributed by atoms with E-state index in [4.69, 9.17) is 16.1 Å². The third-order valence-electron chi connectivity index (χ3n) is 6.22. The third kappa shape index (κ3) is 4.70. The highest BCUT2D eigenvalue weighted by molar-refractivity contribution is 6.30. The molecular weight excluding hydrogens is 432 g/mol. The second-order valence-electron chi connectivity index (χ2n) is 8.41. The van der Waals surface area contributed by atoms with Crippen LogP contribution in [-0.2, 0) is 20.9 Å². The van der Waals surface area contributed by atoms with Crippen LogP contribution < -0.4 is 0 Å². The van der Waals surface area contributed by atoms with Crippen molar-refractivity contribution in [3.05, 3.63) is 35.2 Å². The van der Waals surface area contributed by atoms with E-state index in [0.29, 0.717) is 23.3 Å². The van der Waals surface area contributed by atoms with Crippen molar-refractivity contribution in [1.82, 2.24) is 19.9 Å². The van der Waals surface area contributed by atoms with E-state index in [9.17, 15) is 14.4 Å². The molecule has 4 rings (SSSR count). The Hall–Kier alpha value is -2.74. The highest BCUT2D eigenvalue weighted by Gasteiger charge is 2.47. The summed E-state index contributed by atoms with van der Waals surface area (Å²) in [5.74, 6) is 0.00439. The molecule has 0 radical (unpaired) electrons. The van der Waals surface area contributed by atoms with Crippen molar-refractivity contribution in [3.8, 4) is 11.4 Å². The van der Waals surface area contributed by atoms with E-state index in [1.54, 1.807) is 29.2 Å². The molecule has 1 aromatic heterocycles. The van der Waals surface area contributed by atoms with Gasteiger partial charge in [-0.05, 0) is 43.5 Å². The predicted molar refractivity (Wildman–Crippen MR) is 117 cm³/mol. The zero-order valence-corrected chi connectivity index (χ0v) is 18.9. The van der Waals surface area contributed by atoms with Gasteiger partial charge in [-0.3, -0.25) is 19.3 Å². The van der Waals surface area contributed by atoms with E-state index in [1.165, 1.54) is 4.90 Å². The summed E-state index contributed by atoms with van der Waals surface area (Å²) in [4.78, 5) is 45.5. The monoisotopic (exact) mass is 458 g/mol. The summed E-state index contributed by atoms with van der Waals surface area (Å²) < 4.78 is 5.35. The first-order valence-corrected chi connectivity index (χ1v) is 11.6. The molecule has 1 saturated carbocycles. The van der Waals surface area contributed by atoms with Crippen LogP contribution in [0.4, 0.5) is 0 Å². The highest BCUT2D eigenvalue weighted by Crippen LogP contribution is 2.38. The molecule has 1 aliphatic carbocycles. The minimum atomic E-state index is -0.192. The molecule has 0 unspecified atom stereocenters. The quantitative estimate of drug-likeness (QED) is 0.559. The van der Waals surface area contributed by atoms with Crippen molar-refractivity contribution < 1.29 is 18.9 Å². The first kappa shape index (κ1) is 22.5. The number of fused-ring (bicyclic) bond motifs is 1. The first-order chi connectivity index (χ1) is 15.5. The van der Waals surface area contributed by atoms with Crippen molar-refractivity contribution in [2.75, 3.05) is 13.1 Å². The highest BCUT2D eigenvalue weighted by atomic mass is 35.5. The molecule has 8 nitrogen and oxygen atoms in total. The van der Waals surface area contributed by atoms with Gasteiger partial charge < -0.3 is 9.42 Å². The lowest BCUT2D eigenvalue weighted by Crippen LogP contribution is -2.37. The Morgan fingerprint density at radius 2 is 1.81 bits per heavy atom. The first-order valence-electron chi connectivity index (χ1n) is 11.2. The summed E-state index contributed by atoms with van der Waals surface area (Å²) in [5.41, 5.74) is 0.769. The summed E-state index contributed by atoms with van der Waals surface area (Å²) in [6.07, 6.45) is 4.37. The maximum Gasteiger partial charge on any atom is 0.246 e. The van der Waals surface area contributed by atoms with E-state index in [-0.39, 0.29) is 49.1 Å². The number of imide groups is 1. The number of nitrogens with zero attached hydrogens (tertiary/aromatic N) is 4. The number of likely N-dealkylation sites (tertiary alicyclic amines) is 1. The number of amides is 3. The Morgan fingerprint density at radius 1 is 1.16 bits per heavy atom. The van der Waals surface area contributed by atoms with Gasteiger partial charge >= 0.3 is 0 Å². The Labute approximate surface area is 191 Å². The Kier molecular flexibility index (Phi) is 6.89. The van der Waals surface area contributed by atoms with Gasteiger partial charge in [0.05, 0.1) is 18.4 Å². The number of hydrogen-bond donors (Lipinski definition) is 0. The summed E-state index contributed by atoms with van der Waals surface area (Å²) in [6, 6.07) is 7.09. The van der Waals surface area contributed by atoms with Crippen molar-refractivity contribution in [1.29, 1.82) is 0 Å². The van der Waals surface area contributed by atoms with Gasteiger partial charge in [-0.1, -0.05) is 36.5 Å². The molecule has 0 spiro atoms. The number of carbonyl (C=O) groups is 3. The molecule has 1 aromatic carbocycles. The summed E-state index contributed by atoms with van der Waals surface area (Å²) in [6.45, 7) is 2.81. The Balaban J connectivity index is 1.37. The van der Waals surface area contributed by atoms with Crippen molar-refractivity contribution in [2.45, 2.75) is 52.0 Å². The van der Waals surface area contributed by atoms with Crippen LogP contribution >= 0.6 is 11.6 Å². The summed E-state index contributed by atoms with van der Waals surface area (Å²) in [7, 11) is 0. The zero-order chi connectivity index (χ0) is 22.7. The van der Waals surface area contributed by atoms with Gasteiger partial charge in [0.1, 0.15) is 0 Å². The summed E-state index contributed by atoms with van der Waals surface area (Å²) >= 11 is 5.92. The maximum absolute atomic E-state index is 12.9. The van der Waals surface area contributed by atoms with Crippen LogP contribution in [0.3, 0.4) is 0 Å². The second kappa shape index (κ2) is 9.81. The van der Waals surface area contributed by atoms with Crippen LogP contribution in [0, 0.1) is 11.8 Å². The van der Waals surface area contributed by atoms with E-state index < -0.39 is 0 Å². The molecule has 32 heavy (non-hydrogen) atoms. The molecule has 2 aromatic rings. The van der Waals surface area contributed by atoms with Gasteiger partial charge in [-0.25, -0.2) is 0 Å². The predicted octanol–water partition coefficient (Wildman–Crippen LogP) is 3.69. The fourth-order valence-electron chi connectivity index (χ4n) is 4.58. The van der Waals surface area contributed by atoms with E-state index in [2.05, 4.69) is 10.1 Å². The largest absolute Gasteiger partial charge is 0.337 e. The van der Waals surface area contributed by atoms with E-state index in [1.807, 2.05) is 6.92 Å². The molecule has 9 heteroatoms. The molecule has 2 atom stereocenters. The molecule has 170 valence electrons. The second-order valence-corrected chi connectivity index (χ2v) is 8.85. The number of halogens is 1. The number of benzene rings is 1. The lowest BCUT2D eigenvalue weighted by atomic mass is 9.81. The molecule has 2 aliphatic rings. The van der Waals surface area contributed by atoms with Crippen molar-refractivity contribution in [3.63, 3.8) is 0 Å². The number of aromatic nitrogens is 2. The van der Waals surface area contributed by atoms with Crippen LogP contribution in [0.2, 0.25) is 5.02 Å². The number of rotatable bonds is 8. The molecule has 0 bridgehead atoms. The molecule has 2 fully saturated rings. The molecule has 3 amide bonds. The van der Waals surface area contributed by atoms with Gasteiger partial charge in [0, 0.05) is 30.1 Å². The van der Waals surface area contributed by atoms with Crippen molar-refractivity contribution in [2.24, 2.45) is 11.8 Å². The average Bonchev–Trinajstić information content (AvgIpc) is 3.36. The number of carbonyl (C=O) groups excluding carboxylic acids is 3. The van der Waals surface area contributed by atoms with Gasteiger partial charge in [-0.15, -0.1) is 0 Å².